The molecule has 6 nitrogen and oxygen atoms in total. The van der Waals surface area contributed by atoms with Gasteiger partial charge >= 0.3 is 5.97 Å². The minimum Gasteiger partial charge on any atom is -0.482 e. The summed E-state index contributed by atoms with van der Waals surface area (Å²) in [5.41, 5.74) is 2.50. The van der Waals surface area contributed by atoms with E-state index in [-0.39, 0.29) is 24.4 Å². The second-order valence-corrected chi connectivity index (χ2v) is 8.35. The molecule has 2 atom stereocenters. The van der Waals surface area contributed by atoms with E-state index in [2.05, 4.69) is 5.32 Å². The predicted octanol–water partition coefficient (Wildman–Crippen LogP) is 4.52. The number of carbonyl (C=O) groups excluding carboxylic acids is 1. The quantitative estimate of drug-likeness (QED) is 0.545. The van der Waals surface area contributed by atoms with Gasteiger partial charge in [-0.2, -0.15) is 0 Å². The SMILES string of the molecule is CCC(C(=O)O)n1c2c(c3cc(F)ccc31)CC(NC(=O)COc1ccccc1Cl)CC2. The Morgan fingerprint density at radius 1 is 1.31 bits per heavy atom. The third-order valence-electron chi connectivity index (χ3n) is 5.91. The van der Waals surface area contributed by atoms with Crippen LogP contribution in [0.3, 0.4) is 0 Å². The van der Waals surface area contributed by atoms with E-state index in [1.54, 1.807) is 30.3 Å². The monoisotopic (exact) mass is 458 g/mol. The van der Waals surface area contributed by atoms with Crippen LogP contribution < -0.4 is 10.1 Å². The summed E-state index contributed by atoms with van der Waals surface area (Å²) in [7, 11) is 0. The van der Waals surface area contributed by atoms with Gasteiger partial charge in [-0.25, -0.2) is 9.18 Å². The second-order valence-electron chi connectivity index (χ2n) is 7.95. The van der Waals surface area contributed by atoms with Gasteiger partial charge in [-0.15, -0.1) is 0 Å². The van der Waals surface area contributed by atoms with E-state index in [9.17, 15) is 19.1 Å². The van der Waals surface area contributed by atoms with Crippen LogP contribution in [0.4, 0.5) is 4.39 Å². The number of benzene rings is 2. The first kappa shape index (κ1) is 22.1. The van der Waals surface area contributed by atoms with Crippen LogP contribution in [-0.4, -0.2) is 34.2 Å². The molecule has 168 valence electrons. The lowest BCUT2D eigenvalue weighted by atomic mass is 9.91. The zero-order valence-corrected chi connectivity index (χ0v) is 18.4. The smallest absolute Gasteiger partial charge is 0.326 e. The first-order chi connectivity index (χ1) is 15.4. The van der Waals surface area contributed by atoms with Crippen molar-refractivity contribution in [2.24, 2.45) is 0 Å². The number of halogens is 2. The number of ether oxygens (including phenoxy) is 1. The number of para-hydroxylation sites is 1. The Kier molecular flexibility index (Phi) is 6.37. The van der Waals surface area contributed by atoms with Gasteiger partial charge in [0.05, 0.1) is 5.02 Å². The summed E-state index contributed by atoms with van der Waals surface area (Å²) in [5.74, 6) is -1.12. The maximum Gasteiger partial charge on any atom is 0.326 e. The van der Waals surface area contributed by atoms with Crippen molar-refractivity contribution in [2.45, 2.75) is 44.7 Å². The summed E-state index contributed by atoms with van der Waals surface area (Å²) >= 11 is 6.05. The zero-order chi connectivity index (χ0) is 22.8. The van der Waals surface area contributed by atoms with Crippen molar-refractivity contribution in [3.05, 3.63) is 64.6 Å². The number of carboxylic acid groups (broad SMARTS) is 1. The van der Waals surface area contributed by atoms with Crippen LogP contribution in [0.15, 0.2) is 42.5 Å². The van der Waals surface area contributed by atoms with Crippen molar-refractivity contribution >= 4 is 34.4 Å². The Hall–Kier alpha value is -3.06. The highest BCUT2D eigenvalue weighted by atomic mass is 35.5. The van der Waals surface area contributed by atoms with Gasteiger partial charge in [-0.3, -0.25) is 4.79 Å². The van der Waals surface area contributed by atoms with Crippen molar-refractivity contribution in [3.63, 3.8) is 0 Å². The number of nitrogens with zero attached hydrogens (tertiary/aromatic N) is 1. The molecule has 2 N–H and O–H groups in total. The van der Waals surface area contributed by atoms with Crippen LogP contribution in [0.2, 0.25) is 5.02 Å². The highest BCUT2D eigenvalue weighted by Crippen LogP contribution is 2.36. The van der Waals surface area contributed by atoms with E-state index in [4.69, 9.17) is 16.3 Å². The number of carboxylic acids is 1. The predicted molar refractivity (Wildman–Crippen MR) is 120 cm³/mol. The Morgan fingerprint density at radius 3 is 2.81 bits per heavy atom. The summed E-state index contributed by atoms with van der Waals surface area (Å²) in [6.45, 7) is 1.66. The summed E-state index contributed by atoms with van der Waals surface area (Å²) < 4.78 is 21.4. The number of aromatic nitrogens is 1. The van der Waals surface area contributed by atoms with E-state index >= 15 is 0 Å². The van der Waals surface area contributed by atoms with Crippen LogP contribution >= 0.6 is 11.6 Å². The second kappa shape index (κ2) is 9.20. The fourth-order valence-corrected chi connectivity index (χ4v) is 4.68. The van der Waals surface area contributed by atoms with Crippen LogP contribution in [0.25, 0.3) is 10.9 Å². The third kappa shape index (κ3) is 4.30. The van der Waals surface area contributed by atoms with E-state index in [0.29, 0.717) is 47.4 Å². The number of hydrogen-bond donors (Lipinski definition) is 2. The molecule has 3 aromatic rings. The molecule has 0 spiro atoms. The van der Waals surface area contributed by atoms with Gasteiger partial charge in [0.15, 0.2) is 6.61 Å². The van der Waals surface area contributed by atoms with Gasteiger partial charge in [-0.1, -0.05) is 30.7 Å². The Bertz CT molecular complexity index is 1180. The molecule has 1 aliphatic carbocycles. The molecule has 0 radical (unpaired) electrons. The number of aliphatic carboxylic acids is 1. The van der Waals surface area contributed by atoms with Gasteiger partial charge < -0.3 is 19.7 Å². The molecule has 0 aliphatic heterocycles. The zero-order valence-electron chi connectivity index (χ0n) is 17.6. The maximum atomic E-state index is 14.0. The van der Waals surface area contributed by atoms with Gasteiger partial charge in [-0.05, 0) is 61.6 Å². The third-order valence-corrected chi connectivity index (χ3v) is 6.22. The number of hydrogen-bond acceptors (Lipinski definition) is 3. The fraction of sp³-hybridized carbons (Fsp3) is 0.333. The Labute approximate surface area is 189 Å². The molecular weight excluding hydrogens is 435 g/mol. The lowest BCUT2D eigenvalue weighted by Gasteiger charge is -2.26. The average molecular weight is 459 g/mol. The first-order valence-corrected chi connectivity index (χ1v) is 11.0. The molecule has 1 aliphatic rings. The van der Waals surface area contributed by atoms with Crippen molar-refractivity contribution in [1.29, 1.82) is 0 Å². The van der Waals surface area contributed by atoms with Gasteiger partial charge in [0.1, 0.15) is 17.6 Å². The number of nitrogens with one attached hydrogen (secondary N) is 1. The number of carbonyl (C=O) groups is 2. The van der Waals surface area contributed by atoms with Crippen molar-refractivity contribution in [2.75, 3.05) is 6.61 Å². The number of rotatable bonds is 7. The molecule has 1 aromatic heterocycles. The number of amides is 1. The molecule has 1 amide bonds. The summed E-state index contributed by atoms with van der Waals surface area (Å²) in [5, 5.41) is 13.8. The first-order valence-electron chi connectivity index (χ1n) is 10.6. The van der Waals surface area contributed by atoms with Gasteiger partial charge in [0, 0.05) is 22.6 Å². The van der Waals surface area contributed by atoms with Crippen molar-refractivity contribution in [1.82, 2.24) is 9.88 Å². The highest BCUT2D eigenvalue weighted by molar-refractivity contribution is 6.32. The summed E-state index contributed by atoms with van der Waals surface area (Å²) in [6.07, 6.45) is 2.16. The molecule has 8 heteroatoms. The number of fused-ring (bicyclic) bond motifs is 3. The van der Waals surface area contributed by atoms with E-state index in [0.717, 1.165) is 11.3 Å². The fourth-order valence-electron chi connectivity index (χ4n) is 4.49. The molecule has 0 bridgehead atoms. The lowest BCUT2D eigenvalue weighted by Crippen LogP contribution is -2.41. The van der Waals surface area contributed by atoms with E-state index < -0.39 is 12.0 Å². The van der Waals surface area contributed by atoms with Crippen LogP contribution in [0.1, 0.15) is 37.1 Å². The standard InChI is InChI=1S/C24H24ClFN2O4/c1-2-19(24(30)31)28-20-9-7-14(26)11-16(20)17-12-15(8-10-21(17)28)27-23(29)13-32-22-6-4-3-5-18(22)25/h3-7,9,11,15,19H,2,8,10,12-13H2,1H3,(H,27,29)(H,30,31). The minimum atomic E-state index is -0.913. The van der Waals surface area contributed by atoms with Crippen molar-refractivity contribution < 1.29 is 23.8 Å². The van der Waals surface area contributed by atoms with Crippen LogP contribution in [0, 0.1) is 5.82 Å². The summed E-state index contributed by atoms with van der Waals surface area (Å²) in [4.78, 5) is 24.3. The summed E-state index contributed by atoms with van der Waals surface area (Å²) in [6, 6.07) is 10.5. The topological polar surface area (TPSA) is 80.6 Å². The molecule has 2 unspecified atom stereocenters. The lowest BCUT2D eigenvalue weighted by molar-refractivity contribution is -0.141. The van der Waals surface area contributed by atoms with Crippen molar-refractivity contribution in [3.8, 4) is 5.75 Å². The van der Waals surface area contributed by atoms with E-state index in [1.165, 1.54) is 12.1 Å². The van der Waals surface area contributed by atoms with Crippen LogP contribution in [-0.2, 0) is 22.4 Å². The molecule has 0 saturated heterocycles. The molecule has 4 rings (SSSR count). The maximum absolute atomic E-state index is 14.0. The molecule has 0 fully saturated rings. The van der Waals surface area contributed by atoms with Gasteiger partial charge in [0.25, 0.3) is 5.91 Å². The molecule has 0 saturated carbocycles. The Morgan fingerprint density at radius 2 is 2.09 bits per heavy atom. The highest BCUT2D eigenvalue weighted by Gasteiger charge is 2.31. The largest absolute Gasteiger partial charge is 0.482 e. The van der Waals surface area contributed by atoms with E-state index in [1.807, 2.05) is 11.5 Å². The van der Waals surface area contributed by atoms with Gasteiger partial charge in [0.2, 0.25) is 0 Å². The molecule has 1 heterocycles. The molecular formula is C24H24ClFN2O4. The molecule has 2 aromatic carbocycles. The van der Waals surface area contributed by atoms with Crippen LogP contribution in [0.5, 0.6) is 5.75 Å². The average Bonchev–Trinajstić information content (AvgIpc) is 3.06. The normalized spacial score (nSPS) is 16.4. The Balaban J connectivity index is 1.55. The minimum absolute atomic E-state index is 0.155. The molecule has 32 heavy (non-hydrogen) atoms.